The van der Waals surface area contributed by atoms with E-state index < -0.39 is 40.1 Å². The SMILES string of the molecule is CC(=O)NCC1CN(c2cc(F)c(F)cc2[N+](=O)[O-])C(=O)O1. The van der Waals surface area contributed by atoms with Crippen LogP contribution in [0.4, 0.5) is 25.0 Å². The van der Waals surface area contributed by atoms with Crippen LogP contribution < -0.4 is 10.2 Å². The van der Waals surface area contributed by atoms with E-state index in [1.54, 1.807) is 0 Å². The molecular weight excluding hydrogens is 304 g/mol. The van der Waals surface area contributed by atoms with Crippen LogP contribution in [0.3, 0.4) is 0 Å². The molecule has 22 heavy (non-hydrogen) atoms. The molecule has 0 spiro atoms. The van der Waals surface area contributed by atoms with Crippen LogP contribution in [0, 0.1) is 21.7 Å². The summed E-state index contributed by atoms with van der Waals surface area (Å²) in [6, 6.07) is 0.967. The van der Waals surface area contributed by atoms with Crippen LogP contribution >= 0.6 is 0 Å². The zero-order valence-electron chi connectivity index (χ0n) is 11.3. The van der Waals surface area contributed by atoms with Gasteiger partial charge >= 0.3 is 6.09 Å². The number of ether oxygens (including phenoxy) is 1. The van der Waals surface area contributed by atoms with Gasteiger partial charge in [0.2, 0.25) is 5.91 Å². The highest BCUT2D eigenvalue weighted by molar-refractivity contribution is 5.92. The Morgan fingerprint density at radius 2 is 2.14 bits per heavy atom. The highest BCUT2D eigenvalue weighted by Crippen LogP contribution is 2.33. The maximum absolute atomic E-state index is 13.3. The van der Waals surface area contributed by atoms with E-state index in [-0.39, 0.29) is 19.0 Å². The van der Waals surface area contributed by atoms with Crippen LogP contribution in [0.1, 0.15) is 6.92 Å². The molecule has 1 heterocycles. The second-order valence-corrected chi connectivity index (χ2v) is 4.57. The summed E-state index contributed by atoms with van der Waals surface area (Å²) in [7, 11) is 0. The number of nitro benzene ring substituents is 1. The summed E-state index contributed by atoms with van der Waals surface area (Å²) in [6.45, 7) is 1.15. The van der Waals surface area contributed by atoms with Crippen LogP contribution in [-0.2, 0) is 9.53 Å². The minimum Gasteiger partial charge on any atom is -0.442 e. The Bertz CT molecular complexity index is 652. The monoisotopic (exact) mass is 315 g/mol. The molecule has 1 aromatic carbocycles. The predicted molar refractivity (Wildman–Crippen MR) is 69.3 cm³/mol. The van der Waals surface area contributed by atoms with Gasteiger partial charge in [0, 0.05) is 13.0 Å². The Labute approximate surface area is 122 Å². The zero-order chi connectivity index (χ0) is 16.4. The Balaban J connectivity index is 2.28. The molecule has 118 valence electrons. The fourth-order valence-electron chi connectivity index (χ4n) is 1.97. The van der Waals surface area contributed by atoms with Crippen LogP contribution in [0.15, 0.2) is 12.1 Å². The first kappa shape index (κ1) is 15.6. The van der Waals surface area contributed by atoms with E-state index in [0.29, 0.717) is 12.1 Å². The van der Waals surface area contributed by atoms with Crippen molar-refractivity contribution in [3.63, 3.8) is 0 Å². The van der Waals surface area contributed by atoms with Crippen molar-refractivity contribution >= 4 is 23.4 Å². The predicted octanol–water partition coefficient (Wildman–Crippen LogP) is 1.33. The van der Waals surface area contributed by atoms with Crippen molar-refractivity contribution in [3.05, 3.63) is 33.9 Å². The lowest BCUT2D eigenvalue weighted by atomic mass is 10.2. The Morgan fingerprint density at radius 1 is 1.50 bits per heavy atom. The van der Waals surface area contributed by atoms with E-state index in [1.165, 1.54) is 6.92 Å². The fourth-order valence-corrected chi connectivity index (χ4v) is 1.97. The molecule has 0 radical (unpaired) electrons. The van der Waals surface area contributed by atoms with Crippen molar-refractivity contribution in [2.75, 3.05) is 18.0 Å². The maximum atomic E-state index is 13.3. The molecule has 1 aliphatic rings. The number of anilines is 1. The van der Waals surface area contributed by atoms with Crippen LogP contribution in [0.2, 0.25) is 0 Å². The largest absolute Gasteiger partial charge is 0.442 e. The third-order valence-electron chi connectivity index (χ3n) is 2.96. The van der Waals surface area contributed by atoms with Crippen molar-refractivity contribution in [1.82, 2.24) is 5.32 Å². The molecule has 0 saturated carbocycles. The van der Waals surface area contributed by atoms with Gasteiger partial charge in [-0.25, -0.2) is 13.6 Å². The highest BCUT2D eigenvalue weighted by atomic mass is 19.2. The molecule has 1 aromatic rings. The first-order valence-electron chi connectivity index (χ1n) is 6.15. The third-order valence-corrected chi connectivity index (χ3v) is 2.96. The smallest absolute Gasteiger partial charge is 0.415 e. The van der Waals surface area contributed by atoms with E-state index in [2.05, 4.69) is 5.32 Å². The third kappa shape index (κ3) is 3.10. The van der Waals surface area contributed by atoms with Crippen LogP contribution in [0.5, 0.6) is 0 Å². The number of hydrogen-bond donors (Lipinski definition) is 1. The van der Waals surface area contributed by atoms with Crippen molar-refractivity contribution in [2.24, 2.45) is 0 Å². The minimum absolute atomic E-state index is 0.00898. The number of cyclic esters (lactones) is 1. The van der Waals surface area contributed by atoms with Crippen molar-refractivity contribution in [2.45, 2.75) is 13.0 Å². The molecule has 2 amide bonds. The van der Waals surface area contributed by atoms with Gasteiger partial charge in [0.1, 0.15) is 11.8 Å². The minimum atomic E-state index is -1.39. The van der Waals surface area contributed by atoms with Gasteiger partial charge < -0.3 is 10.1 Å². The lowest BCUT2D eigenvalue weighted by Gasteiger charge is -2.13. The summed E-state index contributed by atoms with van der Waals surface area (Å²) in [5, 5.41) is 13.4. The van der Waals surface area contributed by atoms with Crippen molar-refractivity contribution < 1.29 is 28.0 Å². The lowest BCUT2D eigenvalue weighted by molar-refractivity contribution is -0.384. The number of benzene rings is 1. The van der Waals surface area contributed by atoms with Crippen molar-refractivity contribution in [1.29, 1.82) is 0 Å². The van der Waals surface area contributed by atoms with E-state index in [9.17, 15) is 28.5 Å². The summed E-state index contributed by atoms with van der Waals surface area (Å²) in [5.74, 6) is -3.05. The molecule has 2 rings (SSSR count). The molecule has 1 unspecified atom stereocenters. The average Bonchev–Trinajstić information content (AvgIpc) is 2.80. The molecule has 1 N–H and O–H groups in total. The Morgan fingerprint density at radius 3 is 2.73 bits per heavy atom. The first-order valence-corrected chi connectivity index (χ1v) is 6.15. The number of nitrogens with one attached hydrogen (secondary N) is 1. The Hall–Kier alpha value is -2.78. The van der Waals surface area contributed by atoms with E-state index in [4.69, 9.17) is 4.74 Å². The number of nitro groups is 1. The van der Waals surface area contributed by atoms with E-state index >= 15 is 0 Å². The first-order chi connectivity index (χ1) is 10.3. The molecule has 1 atom stereocenters. The number of carbonyl (C=O) groups is 2. The molecule has 0 aliphatic carbocycles. The molecule has 0 bridgehead atoms. The summed E-state index contributed by atoms with van der Waals surface area (Å²) in [6.07, 6.45) is -1.69. The van der Waals surface area contributed by atoms with Gasteiger partial charge in [-0.15, -0.1) is 0 Å². The summed E-state index contributed by atoms with van der Waals surface area (Å²) < 4.78 is 31.4. The zero-order valence-corrected chi connectivity index (χ0v) is 11.3. The molecular formula is C12H11F2N3O5. The van der Waals surface area contributed by atoms with Crippen LogP contribution in [0.25, 0.3) is 0 Å². The van der Waals surface area contributed by atoms with Gasteiger partial charge in [-0.3, -0.25) is 19.8 Å². The quantitative estimate of drug-likeness (QED) is 0.667. The molecule has 1 saturated heterocycles. The molecule has 1 aliphatic heterocycles. The van der Waals surface area contributed by atoms with Gasteiger partial charge in [0.05, 0.1) is 24.1 Å². The van der Waals surface area contributed by atoms with Crippen molar-refractivity contribution in [3.8, 4) is 0 Å². The van der Waals surface area contributed by atoms with E-state index in [1.807, 2.05) is 0 Å². The second-order valence-electron chi connectivity index (χ2n) is 4.57. The van der Waals surface area contributed by atoms with Gasteiger partial charge in [-0.05, 0) is 0 Å². The lowest BCUT2D eigenvalue weighted by Crippen LogP contribution is -2.33. The highest BCUT2D eigenvalue weighted by Gasteiger charge is 2.36. The Kier molecular flexibility index (Phi) is 4.20. The van der Waals surface area contributed by atoms with Crippen LogP contribution in [-0.4, -0.2) is 36.1 Å². The number of rotatable bonds is 4. The van der Waals surface area contributed by atoms with Gasteiger partial charge in [0.15, 0.2) is 11.6 Å². The van der Waals surface area contributed by atoms with Gasteiger partial charge in [-0.2, -0.15) is 0 Å². The number of nitrogens with zero attached hydrogens (tertiary/aromatic N) is 2. The van der Waals surface area contributed by atoms with E-state index in [0.717, 1.165) is 4.90 Å². The fraction of sp³-hybridized carbons (Fsp3) is 0.333. The maximum Gasteiger partial charge on any atom is 0.415 e. The number of halogens is 2. The second kappa shape index (κ2) is 5.92. The van der Waals surface area contributed by atoms with Gasteiger partial charge in [0.25, 0.3) is 5.69 Å². The molecule has 8 nitrogen and oxygen atoms in total. The standard InChI is InChI=1S/C12H11F2N3O5/c1-6(18)15-4-7-5-16(12(19)22-7)10-2-8(13)9(14)3-11(10)17(20)21/h2-3,7H,4-5H2,1H3,(H,15,18). The summed E-state index contributed by atoms with van der Waals surface area (Å²) in [5.41, 5.74) is -1.16. The number of hydrogen-bond acceptors (Lipinski definition) is 5. The van der Waals surface area contributed by atoms with Gasteiger partial charge in [-0.1, -0.05) is 0 Å². The average molecular weight is 315 g/mol. The number of carbonyl (C=O) groups excluding carboxylic acids is 2. The topological polar surface area (TPSA) is 102 Å². The summed E-state index contributed by atoms with van der Waals surface area (Å²) in [4.78, 5) is 33.4. The molecule has 0 aromatic heterocycles. The normalized spacial score (nSPS) is 17.3. The summed E-state index contributed by atoms with van der Waals surface area (Å²) >= 11 is 0. The molecule has 10 heteroatoms. The molecule has 1 fully saturated rings. The number of amides is 2.